The van der Waals surface area contributed by atoms with E-state index < -0.39 is 17.8 Å². The van der Waals surface area contributed by atoms with Gasteiger partial charge in [0.05, 0.1) is 6.54 Å². The number of nitrogens with zero attached hydrogens (tertiary/aromatic N) is 3. The Hall–Kier alpha value is -3.85. The first kappa shape index (κ1) is 25.2. The lowest BCUT2D eigenvalue weighted by Crippen LogP contribution is -2.24. The largest absolute Gasteiger partial charge is 0.433 e. The standard InChI is InChI=1S/C26H23ClF3N5O/c1-16-10-17(5-6-22(16)27)14-33-24(36)20-12-18(15-35-9-8-34(2)25(35)31)11-19(13-20)21-4-3-7-32-23(21)26(28,29)30/h3-13,31H,14-15H2,1-2H3,(H,33,36). The highest BCUT2D eigenvalue weighted by molar-refractivity contribution is 6.31. The van der Waals surface area contributed by atoms with Crippen LogP contribution in [-0.4, -0.2) is 20.0 Å². The van der Waals surface area contributed by atoms with Crippen molar-refractivity contribution in [3.63, 3.8) is 0 Å². The molecular formula is C26H23ClF3N5O. The van der Waals surface area contributed by atoms with Crippen molar-refractivity contribution in [2.45, 2.75) is 26.2 Å². The molecule has 0 bridgehead atoms. The Bertz CT molecular complexity index is 1490. The molecule has 0 aliphatic carbocycles. The molecule has 0 unspecified atom stereocenters. The molecule has 4 aromatic rings. The second kappa shape index (κ2) is 10.0. The molecule has 0 fully saturated rings. The van der Waals surface area contributed by atoms with E-state index in [2.05, 4.69) is 10.3 Å². The molecule has 0 aliphatic heterocycles. The van der Waals surface area contributed by atoms with Crippen LogP contribution in [0.5, 0.6) is 0 Å². The molecule has 2 aromatic carbocycles. The maximum Gasteiger partial charge on any atom is 0.433 e. The Morgan fingerprint density at radius 2 is 1.89 bits per heavy atom. The Kier molecular flexibility index (Phi) is 7.03. The first-order valence-corrected chi connectivity index (χ1v) is 11.4. The number of aryl methyl sites for hydroxylation is 2. The molecule has 0 saturated carbocycles. The Morgan fingerprint density at radius 1 is 1.11 bits per heavy atom. The summed E-state index contributed by atoms with van der Waals surface area (Å²) in [6.07, 6.45) is -0.173. The third kappa shape index (κ3) is 5.52. The van der Waals surface area contributed by atoms with E-state index in [0.29, 0.717) is 10.6 Å². The van der Waals surface area contributed by atoms with Gasteiger partial charge in [0.1, 0.15) is 0 Å². The number of aromatic nitrogens is 3. The van der Waals surface area contributed by atoms with Crippen molar-refractivity contribution in [3.05, 3.63) is 106 Å². The fraction of sp³-hybridized carbons (Fsp3) is 0.192. The van der Waals surface area contributed by atoms with Crippen LogP contribution in [0.2, 0.25) is 5.02 Å². The van der Waals surface area contributed by atoms with Gasteiger partial charge in [0.25, 0.3) is 5.91 Å². The van der Waals surface area contributed by atoms with Crippen LogP contribution in [0.4, 0.5) is 13.2 Å². The van der Waals surface area contributed by atoms with E-state index in [1.54, 1.807) is 52.8 Å². The van der Waals surface area contributed by atoms with E-state index in [1.165, 1.54) is 18.2 Å². The van der Waals surface area contributed by atoms with E-state index in [4.69, 9.17) is 17.0 Å². The normalized spacial score (nSPS) is 11.5. The van der Waals surface area contributed by atoms with Gasteiger partial charge in [0.15, 0.2) is 5.69 Å². The minimum Gasteiger partial charge on any atom is -0.348 e. The molecule has 1 amide bonds. The summed E-state index contributed by atoms with van der Waals surface area (Å²) in [7, 11) is 1.72. The number of rotatable bonds is 6. The van der Waals surface area contributed by atoms with Crippen LogP contribution in [0.3, 0.4) is 0 Å². The third-order valence-electron chi connectivity index (χ3n) is 5.75. The van der Waals surface area contributed by atoms with Crippen LogP contribution in [0.25, 0.3) is 11.1 Å². The van der Waals surface area contributed by atoms with Crippen LogP contribution in [0.1, 0.15) is 32.7 Å². The van der Waals surface area contributed by atoms with E-state index >= 15 is 0 Å². The average molecular weight is 514 g/mol. The predicted octanol–water partition coefficient (Wildman–Crippen LogP) is 5.33. The zero-order valence-electron chi connectivity index (χ0n) is 19.5. The zero-order chi connectivity index (χ0) is 26.0. The first-order valence-electron chi connectivity index (χ1n) is 11.0. The predicted molar refractivity (Wildman–Crippen MR) is 130 cm³/mol. The van der Waals surface area contributed by atoms with Gasteiger partial charge in [-0.15, -0.1) is 0 Å². The second-order valence-electron chi connectivity index (χ2n) is 8.44. The molecule has 186 valence electrons. The number of benzene rings is 2. The second-order valence-corrected chi connectivity index (χ2v) is 8.85. The molecule has 0 atom stereocenters. The molecule has 0 radical (unpaired) electrons. The molecular weight excluding hydrogens is 491 g/mol. The molecule has 2 aromatic heterocycles. The van der Waals surface area contributed by atoms with Gasteiger partial charge in [-0.05, 0) is 59.5 Å². The van der Waals surface area contributed by atoms with E-state index in [0.717, 1.165) is 17.3 Å². The highest BCUT2D eigenvalue weighted by Crippen LogP contribution is 2.36. The molecule has 4 rings (SSSR count). The van der Waals surface area contributed by atoms with Crippen LogP contribution in [0, 0.1) is 12.3 Å². The van der Waals surface area contributed by atoms with Crippen molar-refractivity contribution in [2.75, 3.05) is 0 Å². The fourth-order valence-electron chi connectivity index (χ4n) is 3.88. The lowest BCUT2D eigenvalue weighted by molar-refractivity contribution is -0.140. The van der Waals surface area contributed by atoms with E-state index in [-0.39, 0.29) is 35.4 Å². The molecule has 10 heteroatoms. The van der Waals surface area contributed by atoms with Crippen LogP contribution in [0.15, 0.2) is 67.1 Å². The minimum atomic E-state index is -4.66. The Balaban J connectivity index is 1.73. The number of pyridine rings is 1. The summed E-state index contributed by atoms with van der Waals surface area (Å²) in [6, 6.07) is 12.8. The minimum absolute atomic E-state index is 0.126. The molecule has 0 aliphatic rings. The smallest absolute Gasteiger partial charge is 0.348 e. The number of carbonyl (C=O) groups is 1. The highest BCUT2D eigenvalue weighted by atomic mass is 35.5. The summed E-state index contributed by atoms with van der Waals surface area (Å²) in [6.45, 7) is 2.28. The van der Waals surface area contributed by atoms with Gasteiger partial charge < -0.3 is 14.5 Å². The quantitative estimate of drug-likeness (QED) is 0.366. The number of nitrogens with one attached hydrogen (secondary N) is 2. The molecule has 36 heavy (non-hydrogen) atoms. The first-order chi connectivity index (χ1) is 17.0. The summed E-state index contributed by atoms with van der Waals surface area (Å²) >= 11 is 6.07. The monoisotopic (exact) mass is 513 g/mol. The summed E-state index contributed by atoms with van der Waals surface area (Å²) in [4.78, 5) is 16.6. The summed E-state index contributed by atoms with van der Waals surface area (Å²) in [5.41, 5.74) is 1.75. The van der Waals surface area contributed by atoms with Gasteiger partial charge in [-0.2, -0.15) is 13.2 Å². The number of amides is 1. The number of carbonyl (C=O) groups excluding carboxylic acids is 1. The topological polar surface area (TPSA) is 75.7 Å². The summed E-state index contributed by atoms with van der Waals surface area (Å²) < 4.78 is 44.3. The van der Waals surface area contributed by atoms with Crippen molar-refractivity contribution in [1.82, 2.24) is 19.4 Å². The van der Waals surface area contributed by atoms with Crippen molar-refractivity contribution < 1.29 is 18.0 Å². The summed E-state index contributed by atoms with van der Waals surface area (Å²) in [5, 5.41) is 11.6. The van der Waals surface area contributed by atoms with Crippen molar-refractivity contribution in [2.24, 2.45) is 7.05 Å². The molecule has 2 N–H and O–H groups in total. The Morgan fingerprint density at radius 3 is 2.56 bits per heavy atom. The molecule has 0 saturated heterocycles. The fourth-order valence-corrected chi connectivity index (χ4v) is 4.00. The summed E-state index contributed by atoms with van der Waals surface area (Å²) in [5.74, 6) is -0.438. The number of halogens is 4. The van der Waals surface area contributed by atoms with Crippen LogP contribution in [-0.2, 0) is 26.3 Å². The van der Waals surface area contributed by atoms with Crippen LogP contribution < -0.4 is 10.9 Å². The zero-order valence-corrected chi connectivity index (χ0v) is 20.3. The van der Waals surface area contributed by atoms with Gasteiger partial charge >= 0.3 is 6.18 Å². The molecule has 0 spiro atoms. The van der Waals surface area contributed by atoms with E-state index in [9.17, 15) is 18.0 Å². The highest BCUT2D eigenvalue weighted by Gasteiger charge is 2.35. The SMILES string of the molecule is Cc1cc(CNC(=O)c2cc(Cn3ccn(C)c3=N)cc(-c3cccnc3C(F)(F)F)c2)ccc1Cl. The van der Waals surface area contributed by atoms with Gasteiger partial charge in [-0.3, -0.25) is 15.2 Å². The molecule has 6 nitrogen and oxygen atoms in total. The number of hydrogen-bond acceptors (Lipinski definition) is 3. The van der Waals surface area contributed by atoms with Crippen LogP contribution >= 0.6 is 11.6 Å². The molecule has 2 heterocycles. The van der Waals surface area contributed by atoms with E-state index in [1.807, 2.05) is 13.0 Å². The maximum absolute atomic E-state index is 13.7. The number of imidazole rings is 1. The number of hydrogen-bond donors (Lipinski definition) is 2. The lowest BCUT2D eigenvalue weighted by atomic mass is 9.97. The van der Waals surface area contributed by atoms with Gasteiger partial charge in [-0.1, -0.05) is 29.8 Å². The van der Waals surface area contributed by atoms with Crippen molar-refractivity contribution >= 4 is 17.5 Å². The van der Waals surface area contributed by atoms with Crippen molar-refractivity contribution in [1.29, 1.82) is 5.41 Å². The third-order valence-corrected chi connectivity index (χ3v) is 6.17. The van der Waals surface area contributed by atoms with Crippen molar-refractivity contribution in [3.8, 4) is 11.1 Å². The van der Waals surface area contributed by atoms with Gasteiger partial charge in [0.2, 0.25) is 5.62 Å². The Labute approximate surface area is 210 Å². The average Bonchev–Trinajstić information content (AvgIpc) is 3.16. The lowest BCUT2D eigenvalue weighted by Gasteiger charge is -2.15. The number of alkyl halides is 3. The van der Waals surface area contributed by atoms with Gasteiger partial charge in [0, 0.05) is 48.3 Å². The van der Waals surface area contributed by atoms with Gasteiger partial charge in [-0.25, -0.2) is 0 Å². The maximum atomic E-state index is 13.7.